The van der Waals surface area contributed by atoms with E-state index in [0.717, 1.165) is 12.2 Å². The molecule has 1 aliphatic heterocycles. The second-order valence-electron chi connectivity index (χ2n) is 4.53. The Labute approximate surface area is 111 Å². The highest BCUT2D eigenvalue weighted by atomic mass is 19.3. The Morgan fingerprint density at radius 1 is 1.26 bits per heavy atom. The maximum Gasteiger partial charge on any atom is 0.387 e. The van der Waals surface area contributed by atoms with Crippen LogP contribution >= 0.6 is 0 Å². The average molecular weight is 269 g/mol. The average Bonchev–Trinajstić information content (AvgIpc) is 2.76. The van der Waals surface area contributed by atoms with Crippen molar-refractivity contribution in [2.75, 3.05) is 18.1 Å². The Hall–Kier alpha value is -1.82. The minimum Gasteiger partial charge on any atom is -0.435 e. The standard InChI is InChI=1S/C13H17F2N3O/c1-10(16)8-17-6-7-18(9-17)11-2-4-12(5-3-11)19-13(14)15/h2-7,10,13H,8-9,16H2,1H3/t10-/m1/s1. The number of hydrogen-bond donors (Lipinski definition) is 1. The number of hydrogen-bond acceptors (Lipinski definition) is 4. The molecule has 19 heavy (non-hydrogen) atoms. The molecule has 2 rings (SSSR count). The van der Waals surface area contributed by atoms with Crippen molar-refractivity contribution < 1.29 is 13.5 Å². The van der Waals surface area contributed by atoms with E-state index in [0.29, 0.717) is 6.67 Å². The van der Waals surface area contributed by atoms with Crippen molar-refractivity contribution >= 4 is 5.69 Å². The topological polar surface area (TPSA) is 41.7 Å². The zero-order chi connectivity index (χ0) is 13.8. The summed E-state index contributed by atoms with van der Waals surface area (Å²) in [6.45, 7) is 0.641. The molecule has 0 saturated carbocycles. The number of ether oxygens (including phenoxy) is 1. The predicted molar refractivity (Wildman–Crippen MR) is 69.9 cm³/mol. The van der Waals surface area contributed by atoms with Gasteiger partial charge in [-0.05, 0) is 31.2 Å². The van der Waals surface area contributed by atoms with Crippen LogP contribution in [0.3, 0.4) is 0 Å². The fourth-order valence-electron chi connectivity index (χ4n) is 1.94. The fraction of sp³-hybridized carbons (Fsp3) is 0.385. The zero-order valence-electron chi connectivity index (χ0n) is 10.7. The predicted octanol–water partition coefficient (Wildman–Crippen LogP) is 2.19. The van der Waals surface area contributed by atoms with Crippen molar-refractivity contribution in [3.63, 3.8) is 0 Å². The van der Waals surface area contributed by atoms with Crippen molar-refractivity contribution in [2.24, 2.45) is 5.73 Å². The molecule has 1 atom stereocenters. The van der Waals surface area contributed by atoms with Crippen LogP contribution < -0.4 is 15.4 Å². The molecular formula is C13H17F2N3O. The fourth-order valence-corrected chi connectivity index (χ4v) is 1.94. The van der Waals surface area contributed by atoms with Crippen molar-refractivity contribution in [1.82, 2.24) is 4.90 Å². The molecule has 0 spiro atoms. The molecule has 0 aliphatic carbocycles. The van der Waals surface area contributed by atoms with Gasteiger partial charge in [-0.25, -0.2) is 0 Å². The molecule has 0 bridgehead atoms. The van der Waals surface area contributed by atoms with Crippen LogP contribution in [0.15, 0.2) is 36.7 Å². The van der Waals surface area contributed by atoms with Crippen LogP contribution in [0, 0.1) is 0 Å². The van der Waals surface area contributed by atoms with Crippen molar-refractivity contribution in [1.29, 1.82) is 0 Å². The van der Waals surface area contributed by atoms with E-state index in [1.54, 1.807) is 12.1 Å². The van der Waals surface area contributed by atoms with Gasteiger partial charge in [-0.3, -0.25) is 0 Å². The van der Waals surface area contributed by atoms with Gasteiger partial charge < -0.3 is 20.3 Å². The summed E-state index contributed by atoms with van der Waals surface area (Å²) in [6, 6.07) is 6.66. The highest BCUT2D eigenvalue weighted by Gasteiger charge is 2.15. The summed E-state index contributed by atoms with van der Waals surface area (Å²) in [7, 11) is 0. The van der Waals surface area contributed by atoms with E-state index in [1.807, 2.05) is 24.2 Å². The summed E-state index contributed by atoms with van der Waals surface area (Å²) in [4.78, 5) is 4.10. The van der Waals surface area contributed by atoms with Crippen LogP contribution in [0.5, 0.6) is 5.75 Å². The molecule has 2 N–H and O–H groups in total. The van der Waals surface area contributed by atoms with Crippen molar-refractivity contribution in [3.8, 4) is 5.75 Å². The van der Waals surface area contributed by atoms with Gasteiger partial charge in [0.15, 0.2) is 0 Å². The van der Waals surface area contributed by atoms with Gasteiger partial charge >= 0.3 is 6.61 Å². The highest BCUT2D eigenvalue weighted by Crippen LogP contribution is 2.23. The van der Waals surface area contributed by atoms with E-state index in [-0.39, 0.29) is 11.8 Å². The molecule has 0 unspecified atom stereocenters. The van der Waals surface area contributed by atoms with Crippen LogP contribution in [-0.4, -0.2) is 30.8 Å². The Bertz CT molecular complexity index is 434. The molecule has 0 amide bonds. The Balaban J connectivity index is 1.95. The lowest BCUT2D eigenvalue weighted by Crippen LogP contribution is -2.34. The molecule has 1 aliphatic rings. The molecule has 104 valence electrons. The van der Waals surface area contributed by atoms with E-state index in [4.69, 9.17) is 5.73 Å². The van der Waals surface area contributed by atoms with Crippen molar-refractivity contribution in [3.05, 3.63) is 36.7 Å². The Kier molecular flexibility index (Phi) is 4.21. The number of nitrogens with two attached hydrogens (primary N) is 1. The van der Waals surface area contributed by atoms with Crippen molar-refractivity contribution in [2.45, 2.75) is 19.6 Å². The number of halogens is 2. The molecule has 4 nitrogen and oxygen atoms in total. The lowest BCUT2D eigenvalue weighted by atomic mass is 10.3. The third kappa shape index (κ3) is 3.82. The van der Waals surface area contributed by atoms with E-state index < -0.39 is 6.61 Å². The second-order valence-corrected chi connectivity index (χ2v) is 4.53. The van der Waals surface area contributed by atoms with Gasteiger partial charge in [0.05, 0.1) is 6.67 Å². The number of rotatable bonds is 5. The van der Waals surface area contributed by atoms with Gasteiger partial charge in [-0.1, -0.05) is 0 Å². The molecule has 1 aromatic rings. The molecule has 0 fully saturated rings. The van der Waals surface area contributed by atoms with E-state index in [1.165, 1.54) is 12.1 Å². The first kappa shape index (κ1) is 13.6. The maximum atomic E-state index is 12.0. The van der Waals surface area contributed by atoms with Crippen LogP contribution in [-0.2, 0) is 0 Å². The van der Waals surface area contributed by atoms with Gasteiger partial charge in [0, 0.05) is 30.7 Å². The summed E-state index contributed by atoms with van der Waals surface area (Å²) in [5.74, 6) is 0.161. The monoisotopic (exact) mass is 269 g/mol. The second kappa shape index (κ2) is 5.88. The number of alkyl halides is 2. The summed E-state index contributed by atoms with van der Waals surface area (Å²) in [6.07, 6.45) is 3.90. The third-order valence-electron chi connectivity index (χ3n) is 2.71. The quantitative estimate of drug-likeness (QED) is 0.889. The van der Waals surface area contributed by atoms with E-state index >= 15 is 0 Å². The minimum atomic E-state index is -2.79. The Morgan fingerprint density at radius 2 is 1.95 bits per heavy atom. The largest absolute Gasteiger partial charge is 0.435 e. The molecule has 0 radical (unpaired) electrons. The number of anilines is 1. The first-order valence-electron chi connectivity index (χ1n) is 6.04. The summed E-state index contributed by atoms with van der Waals surface area (Å²) >= 11 is 0. The van der Waals surface area contributed by atoms with Crippen LogP contribution in [0.1, 0.15) is 6.92 Å². The van der Waals surface area contributed by atoms with E-state index in [9.17, 15) is 8.78 Å². The Morgan fingerprint density at radius 3 is 2.53 bits per heavy atom. The summed E-state index contributed by atoms with van der Waals surface area (Å²) in [5, 5.41) is 0. The first-order valence-corrected chi connectivity index (χ1v) is 6.04. The van der Waals surface area contributed by atoms with Crippen LogP contribution in [0.2, 0.25) is 0 Å². The van der Waals surface area contributed by atoms with Gasteiger partial charge in [0.1, 0.15) is 5.75 Å². The van der Waals surface area contributed by atoms with Crippen LogP contribution in [0.25, 0.3) is 0 Å². The van der Waals surface area contributed by atoms with Gasteiger partial charge in [0.25, 0.3) is 0 Å². The molecule has 6 heteroatoms. The number of benzene rings is 1. The SMILES string of the molecule is C[C@@H](N)CN1C=CN(c2ccc(OC(F)F)cc2)C1. The molecule has 1 aromatic carbocycles. The summed E-state index contributed by atoms with van der Waals surface area (Å²) < 4.78 is 28.4. The minimum absolute atomic E-state index is 0.103. The highest BCUT2D eigenvalue weighted by molar-refractivity contribution is 5.52. The smallest absolute Gasteiger partial charge is 0.387 e. The molecular weight excluding hydrogens is 252 g/mol. The lowest BCUT2D eigenvalue weighted by molar-refractivity contribution is -0.0498. The lowest BCUT2D eigenvalue weighted by Gasteiger charge is -2.22. The first-order chi connectivity index (χ1) is 9.04. The molecule has 0 saturated heterocycles. The van der Waals surface area contributed by atoms with E-state index in [2.05, 4.69) is 9.64 Å². The van der Waals surface area contributed by atoms with Gasteiger partial charge in [-0.15, -0.1) is 0 Å². The normalized spacial score (nSPS) is 16.3. The number of nitrogens with zero attached hydrogens (tertiary/aromatic N) is 2. The molecule has 0 aromatic heterocycles. The third-order valence-corrected chi connectivity index (χ3v) is 2.71. The zero-order valence-corrected chi connectivity index (χ0v) is 10.7. The molecule has 1 heterocycles. The summed E-state index contributed by atoms with van der Waals surface area (Å²) in [5.41, 5.74) is 6.66. The van der Waals surface area contributed by atoms with Gasteiger partial charge in [0.2, 0.25) is 0 Å². The van der Waals surface area contributed by atoms with Gasteiger partial charge in [-0.2, -0.15) is 8.78 Å². The maximum absolute atomic E-state index is 12.0. The van der Waals surface area contributed by atoms with Crippen LogP contribution in [0.4, 0.5) is 14.5 Å².